The first-order valence-corrected chi connectivity index (χ1v) is 9.38. The van der Waals surface area contributed by atoms with Crippen LogP contribution in [0.3, 0.4) is 0 Å². The van der Waals surface area contributed by atoms with E-state index in [2.05, 4.69) is 30.5 Å². The first kappa shape index (κ1) is 18.7. The highest BCUT2D eigenvalue weighted by Crippen LogP contribution is 2.24. The molecule has 0 aliphatic carbocycles. The predicted octanol–water partition coefficient (Wildman–Crippen LogP) is 5.31. The number of hydrogen-bond donors (Lipinski definition) is 0. The summed E-state index contributed by atoms with van der Waals surface area (Å²) in [5.41, 5.74) is 4.33. The number of fused-ring (bicyclic) bond motifs is 1. The first-order valence-electron chi connectivity index (χ1n) is 9.01. The van der Waals surface area contributed by atoms with Crippen molar-refractivity contribution < 1.29 is 9.47 Å². The maximum atomic E-state index is 6.20. The molecule has 138 valence electrons. The lowest BCUT2D eigenvalue weighted by molar-refractivity contribution is 0.141. The fraction of sp³-hybridized carbons (Fsp3) is 0.381. The fourth-order valence-corrected chi connectivity index (χ4v) is 3.24. The number of hydrogen-bond acceptors (Lipinski definition) is 3. The van der Waals surface area contributed by atoms with E-state index in [9.17, 15) is 0 Å². The van der Waals surface area contributed by atoms with Crippen molar-refractivity contribution >= 4 is 22.6 Å². The van der Waals surface area contributed by atoms with Crippen LogP contribution in [0.15, 0.2) is 36.4 Å². The third-order valence-corrected chi connectivity index (χ3v) is 4.59. The van der Waals surface area contributed by atoms with Gasteiger partial charge in [-0.15, -0.1) is 0 Å². The van der Waals surface area contributed by atoms with Crippen LogP contribution in [0.5, 0.6) is 5.75 Å². The molecule has 1 aromatic heterocycles. The molecule has 0 spiro atoms. The number of nitrogens with zero attached hydrogens (tertiary/aromatic N) is 2. The molecule has 0 N–H and O–H groups in total. The number of aromatic nitrogens is 2. The highest BCUT2D eigenvalue weighted by Gasteiger charge is 2.12. The zero-order valence-corrected chi connectivity index (χ0v) is 16.3. The van der Waals surface area contributed by atoms with Gasteiger partial charge in [0.1, 0.15) is 18.2 Å². The van der Waals surface area contributed by atoms with Crippen molar-refractivity contribution in [1.29, 1.82) is 0 Å². The largest absolute Gasteiger partial charge is 0.485 e. The molecular weight excluding hydrogens is 348 g/mol. The van der Waals surface area contributed by atoms with Gasteiger partial charge in [-0.3, -0.25) is 0 Å². The normalized spacial score (nSPS) is 11.2. The third-order valence-electron chi connectivity index (χ3n) is 4.35. The quantitative estimate of drug-likeness (QED) is 0.502. The number of rotatable bonds is 8. The van der Waals surface area contributed by atoms with Crippen LogP contribution in [0.1, 0.15) is 30.3 Å². The molecule has 2 aromatic carbocycles. The minimum atomic E-state index is 0.421. The van der Waals surface area contributed by atoms with E-state index < -0.39 is 0 Å². The molecule has 0 fully saturated rings. The van der Waals surface area contributed by atoms with Gasteiger partial charge in [0.15, 0.2) is 0 Å². The number of ether oxygens (including phenoxy) is 2. The van der Waals surface area contributed by atoms with Gasteiger partial charge in [0.2, 0.25) is 0 Å². The molecule has 26 heavy (non-hydrogen) atoms. The van der Waals surface area contributed by atoms with Crippen molar-refractivity contribution in [3.8, 4) is 5.75 Å². The Kier molecular flexibility index (Phi) is 6.17. The van der Waals surface area contributed by atoms with Crippen molar-refractivity contribution in [2.45, 2.75) is 40.3 Å². The molecule has 0 unspecified atom stereocenters. The van der Waals surface area contributed by atoms with E-state index in [4.69, 9.17) is 26.1 Å². The molecule has 0 atom stereocenters. The summed E-state index contributed by atoms with van der Waals surface area (Å²) in [6.45, 7) is 8.86. The highest BCUT2D eigenvalue weighted by molar-refractivity contribution is 6.31. The average molecular weight is 373 g/mol. The molecule has 5 heteroatoms. The average Bonchev–Trinajstić information content (AvgIpc) is 2.95. The van der Waals surface area contributed by atoms with Gasteiger partial charge < -0.3 is 14.0 Å². The number of imidazole rings is 1. The molecule has 4 nitrogen and oxygen atoms in total. The molecule has 3 rings (SSSR count). The van der Waals surface area contributed by atoms with Crippen LogP contribution >= 0.6 is 11.6 Å². The molecule has 0 saturated heterocycles. The molecule has 1 heterocycles. The van der Waals surface area contributed by atoms with Gasteiger partial charge in [0, 0.05) is 24.8 Å². The summed E-state index contributed by atoms with van der Waals surface area (Å²) in [5.74, 6) is 1.79. The van der Waals surface area contributed by atoms with E-state index >= 15 is 0 Å². The van der Waals surface area contributed by atoms with E-state index in [0.29, 0.717) is 11.6 Å². The topological polar surface area (TPSA) is 36.3 Å². The van der Waals surface area contributed by atoms with Gasteiger partial charge in [-0.25, -0.2) is 4.98 Å². The van der Waals surface area contributed by atoms with Gasteiger partial charge >= 0.3 is 0 Å². The van der Waals surface area contributed by atoms with E-state index in [0.717, 1.165) is 54.4 Å². The van der Waals surface area contributed by atoms with Gasteiger partial charge in [-0.1, -0.05) is 29.3 Å². The van der Waals surface area contributed by atoms with Crippen LogP contribution in [-0.2, 0) is 17.9 Å². The SMILES string of the molecule is CCOCCCn1c(COc2ccc(C)cc2C)nc2ccc(Cl)cc21. The maximum Gasteiger partial charge on any atom is 0.148 e. The summed E-state index contributed by atoms with van der Waals surface area (Å²) in [4.78, 5) is 4.75. The Bertz CT molecular complexity index is 889. The lowest BCUT2D eigenvalue weighted by Gasteiger charge is -2.12. The van der Waals surface area contributed by atoms with Crippen LogP contribution in [0.4, 0.5) is 0 Å². The van der Waals surface area contributed by atoms with Gasteiger partial charge in [-0.2, -0.15) is 0 Å². The zero-order chi connectivity index (χ0) is 18.5. The van der Waals surface area contributed by atoms with Crippen molar-refractivity contribution in [3.05, 3.63) is 58.4 Å². The van der Waals surface area contributed by atoms with E-state index in [1.165, 1.54) is 5.56 Å². The number of halogens is 1. The smallest absolute Gasteiger partial charge is 0.148 e. The first-order chi connectivity index (χ1) is 12.6. The summed E-state index contributed by atoms with van der Waals surface area (Å²) >= 11 is 6.20. The standard InChI is InChI=1S/C21H25ClN2O2/c1-4-25-11-5-10-24-19-13-17(22)7-8-18(19)23-21(24)14-26-20-9-6-15(2)12-16(20)3/h6-9,12-13H,4-5,10-11,14H2,1-3H3. The zero-order valence-electron chi connectivity index (χ0n) is 15.6. The van der Waals surface area contributed by atoms with Crippen LogP contribution in [0.25, 0.3) is 11.0 Å². The van der Waals surface area contributed by atoms with Crippen molar-refractivity contribution in [2.75, 3.05) is 13.2 Å². The summed E-state index contributed by atoms with van der Waals surface area (Å²) in [5, 5.41) is 0.713. The molecule has 0 aliphatic rings. The van der Waals surface area contributed by atoms with E-state index in [-0.39, 0.29) is 0 Å². The Labute approximate surface area is 159 Å². The Morgan fingerprint density at radius 2 is 1.96 bits per heavy atom. The Morgan fingerprint density at radius 3 is 2.73 bits per heavy atom. The lowest BCUT2D eigenvalue weighted by Crippen LogP contribution is -2.09. The molecule has 3 aromatic rings. The molecule has 0 bridgehead atoms. The second kappa shape index (κ2) is 8.56. The molecule has 0 amide bonds. The van der Waals surface area contributed by atoms with Crippen molar-refractivity contribution in [3.63, 3.8) is 0 Å². The molecular formula is C21H25ClN2O2. The molecule has 0 radical (unpaired) electrons. The minimum absolute atomic E-state index is 0.421. The van der Waals surface area contributed by atoms with E-state index in [1.54, 1.807) is 0 Å². The van der Waals surface area contributed by atoms with Gasteiger partial charge in [0.05, 0.1) is 11.0 Å². The van der Waals surface area contributed by atoms with Crippen LogP contribution in [-0.4, -0.2) is 22.8 Å². The predicted molar refractivity (Wildman–Crippen MR) is 106 cm³/mol. The van der Waals surface area contributed by atoms with Crippen molar-refractivity contribution in [1.82, 2.24) is 9.55 Å². The second-order valence-electron chi connectivity index (χ2n) is 6.42. The van der Waals surface area contributed by atoms with Crippen molar-refractivity contribution in [2.24, 2.45) is 0 Å². The van der Waals surface area contributed by atoms with E-state index in [1.807, 2.05) is 31.2 Å². The van der Waals surface area contributed by atoms with Gasteiger partial charge in [0.25, 0.3) is 0 Å². The summed E-state index contributed by atoms with van der Waals surface area (Å²) in [6, 6.07) is 12.0. The van der Waals surface area contributed by atoms with Crippen LogP contribution in [0.2, 0.25) is 5.02 Å². The summed E-state index contributed by atoms with van der Waals surface area (Å²) in [6.07, 6.45) is 0.919. The molecule has 0 saturated carbocycles. The van der Waals surface area contributed by atoms with Gasteiger partial charge in [-0.05, 0) is 57.0 Å². The van der Waals surface area contributed by atoms with Crippen LogP contribution < -0.4 is 4.74 Å². The Morgan fingerprint density at radius 1 is 1.12 bits per heavy atom. The van der Waals surface area contributed by atoms with Crippen LogP contribution in [0, 0.1) is 13.8 Å². The highest BCUT2D eigenvalue weighted by atomic mass is 35.5. The monoisotopic (exact) mass is 372 g/mol. The Hall–Kier alpha value is -2.04. The summed E-state index contributed by atoms with van der Waals surface area (Å²) in [7, 11) is 0. The minimum Gasteiger partial charge on any atom is -0.485 e. The summed E-state index contributed by atoms with van der Waals surface area (Å²) < 4.78 is 13.7. The molecule has 0 aliphatic heterocycles. The number of benzene rings is 2. The lowest BCUT2D eigenvalue weighted by atomic mass is 10.1. The third kappa shape index (κ3) is 4.37. The Balaban J connectivity index is 1.83. The second-order valence-corrected chi connectivity index (χ2v) is 6.86. The number of aryl methyl sites for hydroxylation is 3. The fourth-order valence-electron chi connectivity index (χ4n) is 3.08. The maximum absolute atomic E-state index is 6.20.